The number of carbonyl (C=O) groups is 7. The number of ether oxygens (including phenoxy) is 1. The highest BCUT2D eigenvalue weighted by atomic mass is 16.5. The molecule has 4 aromatic carbocycles. The molecular weight excluding hydrogens is 855 g/mol. The van der Waals surface area contributed by atoms with Crippen LogP contribution in [0.3, 0.4) is 0 Å². The maximum absolute atomic E-state index is 14.9. The van der Waals surface area contributed by atoms with Gasteiger partial charge in [0.05, 0.1) is 30.6 Å². The minimum absolute atomic E-state index is 0.00225. The molecule has 67 heavy (non-hydrogen) atoms. The summed E-state index contributed by atoms with van der Waals surface area (Å²) < 4.78 is 5.36. The molecule has 0 unspecified atom stereocenters. The molecule has 0 radical (unpaired) electrons. The minimum Gasteiger partial charge on any atom is -0.478 e. The van der Waals surface area contributed by atoms with Crippen LogP contribution in [0.2, 0.25) is 0 Å². The summed E-state index contributed by atoms with van der Waals surface area (Å²) in [4.78, 5) is 96.5. The maximum Gasteiger partial charge on any atom is 0.335 e. The molecule has 1 fully saturated rings. The number of piperidine rings is 1. The van der Waals surface area contributed by atoms with Crippen molar-refractivity contribution >= 4 is 41.4 Å². The van der Waals surface area contributed by atoms with Crippen molar-refractivity contribution in [2.75, 3.05) is 45.9 Å². The molecule has 2 aliphatic rings. The second kappa shape index (κ2) is 23.8. The van der Waals surface area contributed by atoms with Crippen molar-refractivity contribution in [3.63, 3.8) is 0 Å². The van der Waals surface area contributed by atoms with Crippen LogP contribution in [-0.2, 0) is 59.3 Å². The number of nitrogens with one attached hydrogen (secondary N) is 5. The molecule has 16 heteroatoms. The van der Waals surface area contributed by atoms with Gasteiger partial charge in [-0.25, -0.2) is 4.79 Å². The molecule has 2 bridgehead atoms. The van der Waals surface area contributed by atoms with Gasteiger partial charge in [0, 0.05) is 57.8 Å². The maximum atomic E-state index is 14.9. The van der Waals surface area contributed by atoms with Gasteiger partial charge < -0.3 is 47.1 Å². The van der Waals surface area contributed by atoms with E-state index in [-0.39, 0.29) is 64.0 Å². The van der Waals surface area contributed by atoms with Crippen molar-refractivity contribution in [1.82, 2.24) is 31.5 Å². The summed E-state index contributed by atoms with van der Waals surface area (Å²) in [6, 6.07) is 26.9. The topological polar surface area (TPSA) is 238 Å². The number of nitrogens with zero attached hydrogens (tertiary/aromatic N) is 1. The Kier molecular flexibility index (Phi) is 17.5. The molecule has 0 aromatic heterocycles. The number of nitrogens with two attached hydrogens (primary N) is 1. The Morgan fingerprint density at radius 2 is 1.60 bits per heavy atom. The van der Waals surface area contributed by atoms with Gasteiger partial charge in [-0.3, -0.25) is 28.8 Å². The highest BCUT2D eigenvalue weighted by molar-refractivity contribution is 5.98. The fraction of sp³-hybridized carbons (Fsp3) is 0.353. The highest BCUT2D eigenvalue weighted by Crippen LogP contribution is 2.35. The van der Waals surface area contributed by atoms with E-state index in [1.807, 2.05) is 60.7 Å². The molecule has 2 heterocycles. The predicted octanol–water partition coefficient (Wildman–Crippen LogP) is 2.75. The quantitative estimate of drug-likeness (QED) is 0.103. The molecule has 2 aliphatic heterocycles. The number of carbonyl (C=O) groups excluding carboxylic acids is 6. The summed E-state index contributed by atoms with van der Waals surface area (Å²) >= 11 is 0. The summed E-state index contributed by atoms with van der Waals surface area (Å²) in [5.74, 6) is -3.92. The lowest BCUT2D eigenvalue weighted by Crippen LogP contribution is -2.58. The molecule has 4 aromatic rings. The molecule has 1 saturated heterocycles. The molecule has 352 valence electrons. The number of amides is 6. The molecule has 16 nitrogen and oxygen atoms in total. The number of hydrogen-bond acceptors (Lipinski definition) is 9. The average Bonchev–Trinajstić information content (AvgIpc) is 3.32. The van der Waals surface area contributed by atoms with Crippen LogP contribution in [0.1, 0.15) is 57.4 Å². The zero-order valence-electron chi connectivity index (χ0n) is 37.7. The van der Waals surface area contributed by atoms with Crippen LogP contribution in [0.25, 0.3) is 11.1 Å². The van der Waals surface area contributed by atoms with Gasteiger partial charge in [0.1, 0.15) is 12.1 Å². The van der Waals surface area contributed by atoms with Gasteiger partial charge in [0.15, 0.2) is 0 Å². The Morgan fingerprint density at radius 3 is 2.34 bits per heavy atom. The number of carboxylic acid groups (broad SMARTS) is 1. The van der Waals surface area contributed by atoms with Gasteiger partial charge in [-0.2, -0.15) is 0 Å². The number of aromatic carboxylic acids is 1. The van der Waals surface area contributed by atoms with Crippen molar-refractivity contribution in [1.29, 1.82) is 0 Å². The molecule has 0 saturated carbocycles. The molecule has 0 aliphatic carbocycles. The number of carboxylic acids is 1. The van der Waals surface area contributed by atoms with Gasteiger partial charge in [-0.05, 0) is 77.6 Å². The van der Waals surface area contributed by atoms with Crippen molar-refractivity contribution in [3.8, 4) is 11.1 Å². The standard InChI is InChI=1S/C51H59N7O9/c1-34-40(13-7-14-41(34)49(64)65)37-17-15-35(16-18-37)29-43-48(63)55-32-39-12-6-5-11-38(39)30-45(60)56-42(47(62)54-25-28-67-27-23-52)21-24-53-44(59)19-20-46(61)58-26-8-22-51(33-58,50(66)57-43)31-36-9-3-2-4-10-36/h2-7,9-20,42-43H,8,21-33,52H2,1H3,(H,53,59)(H,54,62)(H,55,63)(H,56,60)(H,57,66)(H,64,65)/b20-19+/t42-,43-,51-/m0/s1. The Morgan fingerprint density at radius 1 is 0.851 bits per heavy atom. The number of fused-ring (bicyclic) bond motifs is 3. The third-order valence-electron chi connectivity index (χ3n) is 12.1. The Labute approximate surface area is 390 Å². The normalized spacial score (nSPS) is 20.4. The van der Waals surface area contributed by atoms with Crippen molar-refractivity contribution < 1.29 is 43.4 Å². The van der Waals surface area contributed by atoms with E-state index >= 15 is 0 Å². The van der Waals surface area contributed by atoms with Crippen molar-refractivity contribution in [2.24, 2.45) is 11.1 Å². The number of hydrogen-bond donors (Lipinski definition) is 7. The third kappa shape index (κ3) is 13.7. The molecule has 6 rings (SSSR count). The van der Waals surface area contributed by atoms with Crippen LogP contribution in [0.4, 0.5) is 0 Å². The first-order valence-electron chi connectivity index (χ1n) is 22.6. The Balaban J connectivity index is 1.32. The van der Waals surface area contributed by atoms with Crippen LogP contribution in [0, 0.1) is 12.3 Å². The fourth-order valence-electron chi connectivity index (χ4n) is 8.57. The van der Waals surface area contributed by atoms with Crippen LogP contribution >= 0.6 is 0 Å². The SMILES string of the molecule is Cc1c(C(=O)O)cccc1-c1ccc(C[C@@H]2NC(=O)[C@]3(Cc4ccccc4)CCCN(C3)C(=O)/C=C/C(=O)NCC[C@@H](C(=O)NCCOCCN)NC(=O)Cc3ccccc3CNC2=O)cc1. The van der Waals surface area contributed by atoms with E-state index in [0.717, 1.165) is 34.4 Å². The predicted molar refractivity (Wildman–Crippen MR) is 251 cm³/mol. The summed E-state index contributed by atoms with van der Waals surface area (Å²) in [6.07, 6.45) is 3.43. The average molecular weight is 914 g/mol. The van der Waals surface area contributed by atoms with Gasteiger partial charge in [0.25, 0.3) is 0 Å². The van der Waals surface area contributed by atoms with E-state index in [4.69, 9.17) is 10.5 Å². The van der Waals surface area contributed by atoms with E-state index < -0.39 is 58.9 Å². The largest absolute Gasteiger partial charge is 0.478 e. The zero-order chi connectivity index (χ0) is 47.8. The first kappa shape index (κ1) is 49.3. The van der Waals surface area contributed by atoms with Gasteiger partial charge in [-0.15, -0.1) is 0 Å². The van der Waals surface area contributed by atoms with Gasteiger partial charge in [0.2, 0.25) is 35.4 Å². The number of benzene rings is 4. The van der Waals surface area contributed by atoms with E-state index in [1.54, 1.807) is 48.2 Å². The second-order valence-corrected chi connectivity index (χ2v) is 16.9. The van der Waals surface area contributed by atoms with Gasteiger partial charge >= 0.3 is 5.97 Å². The summed E-state index contributed by atoms with van der Waals surface area (Å²) in [5.41, 5.74) is 9.50. The summed E-state index contributed by atoms with van der Waals surface area (Å²) in [7, 11) is 0. The second-order valence-electron chi connectivity index (χ2n) is 16.9. The van der Waals surface area contributed by atoms with E-state index in [2.05, 4.69) is 26.6 Å². The highest BCUT2D eigenvalue weighted by Gasteiger charge is 2.44. The monoisotopic (exact) mass is 913 g/mol. The van der Waals surface area contributed by atoms with Crippen LogP contribution in [0.15, 0.2) is 109 Å². The molecule has 3 atom stereocenters. The molecule has 0 spiro atoms. The first-order chi connectivity index (χ1) is 32.4. The lowest BCUT2D eigenvalue weighted by atomic mass is 9.74. The minimum atomic E-state index is -1.15. The smallest absolute Gasteiger partial charge is 0.335 e. The number of rotatable bonds is 12. The molecule has 8 N–H and O–H groups in total. The Bertz CT molecular complexity index is 2440. The van der Waals surface area contributed by atoms with Crippen molar-refractivity contribution in [2.45, 2.75) is 64.1 Å². The van der Waals surface area contributed by atoms with Gasteiger partial charge in [-0.1, -0.05) is 91.0 Å². The zero-order valence-corrected chi connectivity index (χ0v) is 37.7. The van der Waals surface area contributed by atoms with Crippen LogP contribution < -0.4 is 32.3 Å². The lowest BCUT2D eigenvalue weighted by Gasteiger charge is -2.42. The lowest BCUT2D eigenvalue weighted by molar-refractivity contribution is -0.141. The van der Waals surface area contributed by atoms with E-state index in [0.29, 0.717) is 49.2 Å². The summed E-state index contributed by atoms with van der Waals surface area (Å²) in [6.45, 7) is 3.15. The van der Waals surface area contributed by atoms with Crippen LogP contribution in [0.5, 0.6) is 0 Å². The Hall–Kier alpha value is -7.17. The summed E-state index contributed by atoms with van der Waals surface area (Å²) in [5, 5.41) is 24.0. The van der Waals surface area contributed by atoms with Crippen LogP contribution in [-0.4, -0.2) is 109 Å². The van der Waals surface area contributed by atoms with E-state index in [1.165, 1.54) is 0 Å². The van der Waals surface area contributed by atoms with Crippen molar-refractivity contribution in [3.05, 3.63) is 143 Å². The first-order valence-corrected chi connectivity index (χ1v) is 22.6. The third-order valence-corrected chi connectivity index (χ3v) is 12.1. The molecular formula is C51H59N7O9. The van der Waals surface area contributed by atoms with E-state index in [9.17, 15) is 38.7 Å². The fourth-order valence-corrected chi connectivity index (χ4v) is 8.57. The molecule has 6 amide bonds.